The molecule has 2 aromatic carbocycles. The number of nitrogens with one attached hydrogen (secondary N) is 1. The lowest BCUT2D eigenvalue weighted by Crippen LogP contribution is -2.12. The second-order valence-corrected chi connectivity index (χ2v) is 9.77. The molecule has 0 saturated carbocycles. The van der Waals surface area contributed by atoms with Crippen molar-refractivity contribution in [1.82, 2.24) is 9.97 Å². The van der Waals surface area contributed by atoms with Crippen LogP contribution < -0.4 is 11.1 Å². The number of nitrogens with zero attached hydrogens (tertiary/aromatic N) is 4. The number of hydrogen-bond acceptors (Lipinski definition) is 8. The summed E-state index contributed by atoms with van der Waals surface area (Å²) in [5, 5.41) is 23.3. The zero-order valence-corrected chi connectivity index (χ0v) is 20.2. The first kappa shape index (κ1) is 23.2. The lowest BCUT2D eigenvalue weighted by Gasteiger charge is -2.13. The van der Waals surface area contributed by atoms with E-state index in [1.165, 1.54) is 23.1 Å². The van der Waals surface area contributed by atoms with E-state index in [-0.39, 0.29) is 29.3 Å². The molecule has 168 valence electrons. The van der Waals surface area contributed by atoms with E-state index >= 15 is 0 Å². The third kappa shape index (κ3) is 4.86. The van der Waals surface area contributed by atoms with Crippen LogP contribution in [-0.2, 0) is 4.79 Å². The number of rotatable bonds is 6. The standard InChI is InChI=1S/C25H20N6OS2/c1-14-3-6-16(7-4-14)22-17(12-26)23(28)31-24(18(22)13-27)33-10-9-21(32)30-25-29-19-8-5-15(2)11-20(19)34-25/h3-8,11H,9-10H2,1-2H3,(H2,28,31)(H,29,30,32). The highest BCUT2D eigenvalue weighted by molar-refractivity contribution is 7.99. The van der Waals surface area contributed by atoms with E-state index in [2.05, 4.69) is 27.4 Å². The number of nitriles is 2. The molecule has 2 aromatic heterocycles. The van der Waals surface area contributed by atoms with Crippen LogP contribution in [0.25, 0.3) is 21.3 Å². The Balaban J connectivity index is 1.51. The van der Waals surface area contributed by atoms with Crippen molar-refractivity contribution in [3.8, 4) is 23.3 Å². The molecule has 9 heteroatoms. The van der Waals surface area contributed by atoms with Gasteiger partial charge in [0.2, 0.25) is 5.91 Å². The molecule has 0 radical (unpaired) electrons. The number of hydrogen-bond donors (Lipinski definition) is 2. The number of nitrogen functional groups attached to an aromatic ring is 1. The highest BCUT2D eigenvalue weighted by atomic mass is 32.2. The van der Waals surface area contributed by atoms with Gasteiger partial charge in [-0.15, -0.1) is 11.8 Å². The van der Waals surface area contributed by atoms with Gasteiger partial charge in [0.15, 0.2) is 5.13 Å². The van der Waals surface area contributed by atoms with Gasteiger partial charge in [0.05, 0.1) is 15.8 Å². The van der Waals surface area contributed by atoms with E-state index < -0.39 is 0 Å². The number of benzene rings is 2. The molecule has 1 amide bonds. The fourth-order valence-corrected chi connectivity index (χ4v) is 5.33. The molecule has 7 nitrogen and oxygen atoms in total. The monoisotopic (exact) mass is 484 g/mol. The number of aromatic nitrogens is 2. The number of nitrogens with two attached hydrogens (primary N) is 1. The molecule has 34 heavy (non-hydrogen) atoms. The van der Waals surface area contributed by atoms with E-state index in [9.17, 15) is 15.3 Å². The molecule has 0 saturated heterocycles. The van der Waals surface area contributed by atoms with Crippen LogP contribution in [-0.4, -0.2) is 21.6 Å². The number of thioether (sulfide) groups is 1. The molecule has 0 aliphatic heterocycles. The van der Waals surface area contributed by atoms with Crippen molar-refractivity contribution in [2.45, 2.75) is 25.3 Å². The van der Waals surface area contributed by atoms with Crippen LogP contribution in [0.3, 0.4) is 0 Å². The Morgan fingerprint density at radius 3 is 2.47 bits per heavy atom. The summed E-state index contributed by atoms with van der Waals surface area (Å²) in [6.45, 7) is 3.97. The Morgan fingerprint density at radius 2 is 1.76 bits per heavy atom. The minimum Gasteiger partial charge on any atom is -0.383 e. The van der Waals surface area contributed by atoms with Gasteiger partial charge >= 0.3 is 0 Å². The fraction of sp³-hybridized carbons (Fsp3) is 0.160. The molecule has 2 heterocycles. The van der Waals surface area contributed by atoms with Crippen molar-refractivity contribution in [2.24, 2.45) is 0 Å². The van der Waals surface area contributed by atoms with Gasteiger partial charge in [0.1, 0.15) is 28.5 Å². The number of aryl methyl sites for hydroxylation is 2. The molecular weight excluding hydrogens is 464 g/mol. The van der Waals surface area contributed by atoms with E-state index in [1.807, 2.05) is 56.3 Å². The second kappa shape index (κ2) is 9.92. The van der Waals surface area contributed by atoms with Gasteiger partial charge in [-0.1, -0.05) is 47.2 Å². The first-order valence-electron chi connectivity index (χ1n) is 10.4. The van der Waals surface area contributed by atoms with Crippen LogP contribution in [0, 0.1) is 36.5 Å². The van der Waals surface area contributed by atoms with Crippen LogP contribution in [0.15, 0.2) is 47.5 Å². The van der Waals surface area contributed by atoms with Crippen molar-refractivity contribution in [2.75, 3.05) is 16.8 Å². The third-order valence-corrected chi connectivity index (χ3v) is 7.02. The van der Waals surface area contributed by atoms with Crippen LogP contribution in [0.1, 0.15) is 28.7 Å². The quantitative estimate of drug-likeness (QED) is 0.350. The number of fused-ring (bicyclic) bond motifs is 1. The topological polar surface area (TPSA) is 128 Å². The zero-order chi connectivity index (χ0) is 24.2. The maximum Gasteiger partial charge on any atom is 0.226 e. The molecule has 0 spiro atoms. The summed E-state index contributed by atoms with van der Waals surface area (Å²) in [5.74, 6) is 0.270. The molecule has 0 fully saturated rings. The van der Waals surface area contributed by atoms with Gasteiger partial charge in [-0.25, -0.2) is 9.97 Å². The van der Waals surface area contributed by atoms with E-state index in [1.54, 1.807) is 0 Å². The minimum absolute atomic E-state index is 0.0637. The van der Waals surface area contributed by atoms with Crippen LogP contribution in [0.4, 0.5) is 10.9 Å². The minimum atomic E-state index is -0.179. The Labute approximate surface area is 205 Å². The fourth-order valence-electron chi connectivity index (χ4n) is 3.42. The highest BCUT2D eigenvalue weighted by Gasteiger charge is 2.20. The van der Waals surface area contributed by atoms with Gasteiger partial charge in [0.25, 0.3) is 0 Å². The number of anilines is 2. The summed E-state index contributed by atoms with van der Waals surface area (Å²) in [6.07, 6.45) is 0.200. The lowest BCUT2D eigenvalue weighted by atomic mass is 9.96. The molecule has 4 rings (SSSR count). The number of thiazole rings is 1. The smallest absolute Gasteiger partial charge is 0.226 e. The van der Waals surface area contributed by atoms with Crippen LogP contribution in [0.5, 0.6) is 0 Å². The molecule has 4 aromatic rings. The second-order valence-electron chi connectivity index (χ2n) is 7.65. The van der Waals surface area contributed by atoms with Crippen LogP contribution >= 0.6 is 23.1 Å². The van der Waals surface area contributed by atoms with Crippen molar-refractivity contribution in [3.63, 3.8) is 0 Å². The largest absolute Gasteiger partial charge is 0.383 e. The van der Waals surface area contributed by atoms with Crippen molar-refractivity contribution < 1.29 is 4.79 Å². The number of amides is 1. The lowest BCUT2D eigenvalue weighted by molar-refractivity contribution is -0.115. The Bertz CT molecular complexity index is 1480. The maximum absolute atomic E-state index is 12.5. The molecule has 0 unspecified atom stereocenters. The maximum atomic E-state index is 12.5. The molecule has 0 aliphatic rings. The van der Waals surface area contributed by atoms with Crippen molar-refractivity contribution in [1.29, 1.82) is 10.5 Å². The number of carbonyl (C=O) groups is 1. The summed E-state index contributed by atoms with van der Waals surface area (Å²) in [6, 6.07) is 17.7. The van der Waals surface area contributed by atoms with E-state index in [4.69, 9.17) is 5.73 Å². The third-order valence-electron chi connectivity index (χ3n) is 5.11. The first-order valence-corrected chi connectivity index (χ1v) is 12.2. The Kier molecular flexibility index (Phi) is 6.78. The van der Waals surface area contributed by atoms with Crippen molar-refractivity contribution in [3.05, 3.63) is 64.7 Å². The Morgan fingerprint density at radius 1 is 1.06 bits per heavy atom. The normalized spacial score (nSPS) is 10.6. The predicted octanol–water partition coefficient (Wildman–Crippen LogP) is 5.42. The van der Waals surface area contributed by atoms with Crippen LogP contribution in [0.2, 0.25) is 0 Å². The summed E-state index contributed by atoms with van der Waals surface area (Å²) in [4.78, 5) is 21.2. The van der Waals surface area contributed by atoms with E-state index in [0.717, 1.165) is 26.9 Å². The zero-order valence-electron chi connectivity index (χ0n) is 18.5. The average molecular weight is 485 g/mol. The SMILES string of the molecule is Cc1ccc(-c2c(C#N)c(N)nc(SCCC(=O)Nc3nc4ccc(C)cc4s3)c2C#N)cc1. The van der Waals surface area contributed by atoms with Gasteiger partial charge in [0, 0.05) is 17.7 Å². The van der Waals surface area contributed by atoms with Gasteiger partial charge in [-0.3, -0.25) is 4.79 Å². The van der Waals surface area contributed by atoms with Crippen molar-refractivity contribution >= 4 is 50.2 Å². The van der Waals surface area contributed by atoms with Gasteiger partial charge in [-0.05, 0) is 37.1 Å². The summed E-state index contributed by atoms with van der Waals surface area (Å²) >= 11 is 2.69. The van der Waals surface area contributed by atoms with Gasteiger partial charge in [-0.2, -0.15) is 10.5 Å². The predicted molar refractivity (Wildman–Crippen MR) is 137 cm³/mol. The molecule has 0 atom stereocenters. The Hall–Kier alpha value is -3.92. The molecular formula is C25H20N6OS2. The molecule has 0 bridgehead atoms. The average Bonchev–Trinajstić information content (AvgIpc) is 3.20. The summed E-state index contributed by atoms with van der Waals surface area (Å²) < 4.78 is 1.02. The number of pyridine rings is 1. The summed E-state index contributed by atoms with van der Waals surface area (Å²) in [7, 11) is 0. The van der Waals surface area contributed by atoms with E-state index in [0.29, 0.717) is 21.5 Å². The first-order chi connectivity index (χ1) is 16.4. The summed E-state index contributed by atoms with van der Waals surface area (Å²) in [5.41, 5.74) is 10.7. The highest BCUT2D eigenvalue weighted by Crippen LogP contribution is 2.36. The molecule has 0 aliphatic carbocycles. The molecule has 3 N–H and O–H groups in total. The van der Waals surface area contributed by atoms with Gasteiger partial charge < -0.3 is 11.1 Å². The number of carbonyl (C=O) groups excluding carboxylic acids is 1.